The Morgan fingerprint density at radius 3 is 2.31 bits per heavy atom. The van der Waals surface area contributed by atoms with Crippen molar-refractivity contribution in [3.63, 3.8) is 0 Å². The molecular weight excluding hydrogens is 389 g/mol. The second-order valence-electron chi connectivity index (χ2n) is 6.52. The number of aryl methyl sites for hydroxylation is 1. The van der Waals surface area contributed by atoms with Crippen LogP contribution in [0.15, 0.2) is 83.8 Å². The fraction of sp³-hybridized carbons (Fsp3) is 0.0870. The first-order valence-corrected chi connectivity index (χ1v) is 10.4. The van der Waals surface area contributed by atoms with Crippen LogP contribution < -0.4 is 4.31 Å². The third-order valence-electron chi connectivity index (χ3n) is 4.33. The summed E-state index contributed by atoms with van der Waals surface area (Å²) in [7, 11) is -3.87. The van der Waals surface area contributed by atoms with Gasteiger partial charge in [-0.2, -0.15) is 0 Å². The van der Waals surface area contributed by atoms with E-state index < -0.39 is 10.0 Å². The van der Waals surface area contributed by atoms with E-state index >= 15 is 0 Å². The van der Waals surface area contributed by atoms with Crippen LogP contribution in [0.4, 0.5) is 10.1 Å². The SMILES string of the molecule is Cc1ccc(S(=O)(=O)N(CC=Cc2cccc(F)c2)c2cccc(C=O)c2)cc1. The second-order valence-corrected chi connectivity index (χ2v) is 8.38. The molecule has 0 aliphatic rings. The quantitative estimate of drug-likeness (QED) is 0.524. The van der Waals surface area contributed by atoms with Gasteiger partial charge in [0.15, 0.2) is 0 Å². The van der Waals surface area contributed by atoms with Crippen molar-refractivity contribution >= 4 is 28.1 Å². The summed E-state index contributed by atoms with van der Waals surface area (Å²) in [5.41, 5.74) is 2.32. The molecule has 4 nitrogen and oxygen atoms in total. The Labute approximate surface area is 170 Å². The highest BCUT2D eigenvalue weighted by Gasteiger charge is 2.24. The first kappa shape index (κ1) is 20.5. The molecule has 0 aromatic heterocycles. The first-order valence-electron chi connectivity index (χ1n) is 8.97. The zero-order chi connectivity index (χ0) is 20.9. The number of halogens is 1. The number of benzene rings is 3. The van der Waals surface area contributed by atoms with E-state index in [0.29, 0.717) is 23.1 Å². The minimum absolute atomic E-state index is 0.0229. The average molecular weight is 409 g/mol. The number of sulfonamides is 1. The predicted molar refractivity (Wildman–Crippen MR) is 113 cm³/mol. The Hall–Kier alpha value is -3.25. The molecule has 0 unspecified atom stereocenters. The second kappa shape index (κ2) is 8.84. The van der Waals surface area contributed by atoms with E-state index in [4.69, 9.17) is 0 Å². The molecule has 3 rings (SSSR count). The molecule has 0 aliphatic carbocycles. The van der Waals surface area contributed by atoms with Crippen LogP contribution in [0.3, 0.4) is 0 Å². The maximum Gasteiger partial charge on any atom is 0.264 e. The Balaban J connectivity index is 1.99. The zero-order valence-electron chi connectivity index (χ0n) is 15.8. The summed E-state index contributed by atoms with van der Waals surface area (Å²) in [6, 6.07) is 19.0. The Bertz CT molecular complexity index is 1140. The summed E-state index contributed by atoms with van der Waals surface area (Å²) in [5.74, 6) is -0.366. The summed E-state index contributed by atoms with van der Waals surface area (Å²) in [6.07, 6.45) is 3.97. The number of rotatable bonds is 7. The number of hydrogen-bond acceptors (Lipinski definition) is 3. The molecule has 0 spiro atoms. The van der Waals surface area contributed by atoms with Gasteiger partial charge in [-0.1, -0.05) is 54.1 Å². The van der Waals surface area contributed by atoms with Crippen molar-refractivity contribution < 1.29 is 17.6 Å². The number of aldehydes is 1. The smallest absolute Gasteiger partial charge is 0.264 e. The van der Waals surface area contributed by atoms with Crippen molar-refractivity contribution in [2.45, 2.75) is 11.8 Å². The summed E-state index contributed by atoms with van der Waals surface area (Å²) >= 11 is 0. The Morgan fingerprint density at radius 1 is 0.931 bits per heavy atom. The molecule has 6 heteroatoms. The summed E-state index contributed by atoms with van der Waals surface area (Å²) in [6.45, 7) is 1.90. The molecule has 0 heterocycles. The molecule has 0 bridgehead atoms. The minimum Gasteiger partial charge on any atom is -0.298 e. The highest BCUT2D eigenvalue weighted by Crippen LogP contribution is 2.25. The van der Waals surface area contributed by atoms with E-state index in [1.54, 1.807) is 66.7 Å². The lowest BCUT2D eigenvalue weighted by Gasteiger charge is -2.23. The van der Waals surface area contributed by atoms with E-state index in [2.05, 4.69) is 0 Å². The molecule has 3 aromatic rings. The monoisotopic (exact) mass is 409 g/mol. The van der Waals surface area contributed by atoms with Crippen LogP contribution in [0.25, 0.3) is 6.08 Å². The Morgan fingerprint density at radius 2 is 1.62 bits per heavy atom. The molecular formula is C23H20FNO3S. The van der Waals surface area contributed by atoms with Crippen LogP contribution in [0.1, 0.15) is 21.5 Å². The highest BCUT2D eigenvalue weighted by molar-refractivity contribution is 7.92. The molecule has 0 aliphatic heterocycles. The van der Waals surface area contributed by atoms with Crippen LogP contribution in [-0.4, -0.2) is 21.2 Å². The van der Waals surface area contributed by atoms with Gasteiger partial charge in [-0.3, -0.25) is 9.10 Å². The lowest BCUT2D eigenvalue weighted by molar-refractivity contribution is 0.112. The maximum absolute atomic E-state index is 13.4. The van der Waals surface area contributed by atoms with E-state index in [9.17, 15) is 17.6 Å². The lowest BCUT2D eigenvalue weighted by Crippen LogP contribution is -2.31. The van der Waals surface area contributed by atoms with Crippen LogP contribution >= 0.6 is 0 Å². The topological polar surface area (TPSA) is 54.5 Å². The van der Waals surface area contributed by atoms with Gasteiger partial charge < -0.3 is 0 Å². The molecule has 148 valence electrons. The van der Waals surface area contributed by atoms with E-state index in [1.165, 1.54) is 22.5 Å². The number of nitrogens with zero attached hydrogens (tertiary/aromatic N) is 1. The average Bonchev–Trinajstić information content (AvgIpc) is 2.71. The van der Waals surface area contributed by atoms with Gasteiger partial charge in [0.25, 0.3) is 10.0 Å². The lowest BCUT2D eigenvalue weighted by atomic mass is 10.2. The molecule has 0 saturated heterocycles. The van der Waals surface area contributed by atoms with Gasteiger partial charge in [0.1, 0.15) is 12.1 Å². The van der Waals surface area contributed by atoms with Crippen molar-refractivity contribution in [3.05, 3.63) is 101 Å². The fourth-order valence-electron chi connectivity index (χ4n) is 2.83. The molecule has 0 radical (unpaired) electrons. The molecule has 0 saturated carbocycles. The first-order chi connectivity index (χ1) is 13.9. The van der Waals surface area contributed by atoms with Crippen molar-refractivity contribution in [3.8, 4) is 0 Å². The zero-order valence-corrected chi connectivity index (χ0v) is 16.6. The van der Waals surface area contributed by atoms with Gasteiger partial charge in [0, 0.05) is 5.56 Å². The number of carbonyl (C=O) groups excluding carboxylic acids is 1. The minimum atomic E-state index is -3.87. The van der Waals surface area contributed by atoms with Gasteiger partial charge in [-0.05, 0) is 48.9 Å². The van der Waals surface area contributed by atoms with Gasteiger partial charge in [-0.25, -0.2) is 12.8 Å². The fourth-order valence-corrected chi connectivity index (χ4v) is 4.24. The number of hydrogen-bond donors (Lipinski definition) is 0. The van der Waals surface area contributed by atoms with Gasteiger partial charge >= 0.3 is 0 Å². The Kier molecular flexibility index (Phi) is 6.24. The predicted octanol–water partition coefficient (Wildman–Crippen LogP) is 4.86. The molecule has 0 amide bonds. The van der Waals surface area contributed by atoms with Gasteiger partial charge in [0.05, 0.1) is 17.1 Å². The largest absolute Gasteiger partial charge is 0.298 e. The van der Waals surface area contributed by atoms with Gasteiger partial charge in [0.2, 0.25) is 0 Å². The highest BCUT2D eigenvalue weighted by atomic mass is 32.2. The van der Waals surface area contributed by atoms with Crippen molar-refractivity contribution in [1.82, 2.24) is 0 Å². The molecule has 0 N–H and O–H groups in total. The van der Waals surface area contributed by atoms with E-state index in [-0.39, 0.29) is 17.3 Å². The third kappa shape index (κ3) is 4.97. The van der Waals surface area contributed by atoms with Crippen LogP contribution in [0, 0.1) is 12.7 Å². The number of carbonyl (C=O) groups is 1. The van der Waals surface area contributed by atoms with E-state index in [1.807, 2.05) is 6.92 Å². The molecule has 0 fully saturated rings. The van der Waals surface area contributed by atoms with Crippen LogP contribution in [0.5, 0.6) is 0 Å². The van der Waals surface area contributed by atoms with Crippen molar-refractivity contribution in [2.24, 2.45) is 0 Å². The van der Waals surface area contributed by atoms with Crippen LogP contribution in [0.2, 0.25) is 0 Å². The van der Waals surface area contributed by atoms with E-state index in [0.717, 1.165) is 5.56 Å². The molecule has 0 atom stereocenters. The summed E-state index contributed by atoms with van der Waals surface area (Å²) < 4.78 is 41.2. The standard InChI is InChI=1S/C23H20FNO3S/c1-18-10-12-23(13-11-18)29(27,28)25(22-9-3-6-20(16-22)17-26)14-4-7-19-5-2-8-21(24)15-19/h2-13,15-17H,14H2,1H3. The van der Waals surface area contributed by atoms with Gasteiger partial charge in [-0.15, -0.1) is 0 Å². The summed E-state index contributed by atoms with van der Waals surface area (Å²) in [5, 5.41) is 0. The van der Waals surface area contributed by atoms with Crippen LogP contribution in [-0.2, 0) is 10.0 Å². The summed E-state index contributed by atoms with van der Waals surface area (Å²) in [4.78, 5) is 11.3. The third-order valence-corrected chi connectivity index (χ3v) is 6.14. The molecule has 29 heavy (non-hydrogen) atoms. The number of anilines is 1. The normalized spacial score (nSPS) is 11.5. The molecule has 3 aromatic carbocycles. The van der Waals surface area contributed by atoms with Crippen molar-refractivity contribution in [1.29, 1.82) is 0 Å². The van der Waals surface area contributed by atoms with Crippen molar-refractivity contribution in [2.75, 3.05) is 10.8 Å². The maximum atomic E-state index is 13.4.